The van der Waals surface area contributed by atoms with Gasteiger partial charge in [-0.15, -0.1) is 0 Å². The fraction of sp³-hybridized carbons (Fsp3) is 0.458. The molecule has 0 radical (unpaired) electrons. The molecule has 1 aromatic carbocycles. The van der Waals surface area contributed by atoms with Crippen LogP contribution in [0.3, 0.4) is 0 Å². The van der Waals surface area contributed by atoms with Crippen molar-refractivity contribution in [3.8, 4) is 0 Å². The molecule has 9 nitrogen and oxygen atoms in total. The topological polar surface area (TPSA) is 121 Å². The average Bonchev–Trinajstić information content (AvgIpc) is 2.82. The lowest BCUT2D eigenvalue weighted by molar-refractivity contribution is 0.102. The first-order valence-corrected chi connectivity index (χ1v) is 13.2. The summed E-state index contributed by atoms with van der Waals surface area (Å²) in [6.07, 6.45) is 3.41. The van der Waals surface area contributed by atoms with Gasteiger partial charge in [0.05, 0.1) is 6.20 Å². The maximum absolute atomic E-state index is 13.6. The third kappa shape index (κ3) is 4.50. The zero-order valence-electron chi connectivity index (χ0n) is 20.2. The van der Waals surface area contributed by atoms with E-state index >= 15 is 0 Å². The monoisotopic (exact) mass is 502 g/mol. The highest BCUT2D eigenvalue weighted by molar-refractivity contribution is 7.90. The van der Waals surface area contributed by atoms with Crippen LogP contribution in [0, 0.1) is 5.82 Å². The summed E-state index contributed by atoms with van der Waals surface area (Å²) in [7, 11) is -2.34. The maximum Gasteiger partial charge on any atom is 0.274 e. The SMILES string of the molecule is CCCCN(CC)C[C@H]1[C@]2(Cc3ccc(NC(=O)c4ccc(F)cn4)cc32)N=C(N)N(C)S1(=O)=O. The highest BCUT2D eigenvalue weighted by Crippen LogP contribution is 2.50. The number of unbranched alkanes of at least 4 members (excludes halogenated alkanes) is 1. The molecule has 2 aromatic rings. The van der Waals surface area contributed by atoms with Gasteiger partial charge in [-0.25, -0.2) is 27.1 Å². The number of fused-ring (bicyclic) bond motifs is 2. The van der Waals surface area contributed by atoms with Crippen molar-refractivity contribution in [2.24, 2.45) is 10.7 Å². The van der Waals surface area contributed by atoms with Crippen LogP contribution in [0.4, 0.5) is 10.1 Å². The number of guanidine groups is 1. The normalized spacial score (nSPS) is 22.5. The summed E-state index contributed by atoms with van der Waals surface area (Å²) in [6, 6.07) is 7.83. The zero-order chi connectivity index (χ0) is 25.4. The molecule has 3 N–H and O–H groups in total. The van der Waals surface area contributed by atoms with Crippen LogP contribution in [0.2, 0.25) is 0 Å². The van der Waals surface area contributed by atoms with Crippen LogP contribution in [-0.4, -0.2) is 66.4 Å². The molecule has 0 saturated carbocycles. The van der Waals surface area contributed by atoms with Gasteiger partial charge in [-0.3, -0.25) is 4.79 Å². The second kappa shape index (κ2) is 9.54. The highest BCUT2D eigenvalue weighted by Gasteiger charge is 2.58. The number of aromatic nitrogens is 1. The van der Waals surface area contributed by atoms with Crippen molar-refractivity contribution in [1.82, 2.24) is 14.2 Å². The van der Waals surface area contributed by atoms with Gasteiger partial charge in [-0.05, 0) is 54.9 Å². The van der Waals surface area contributed by atoms with Crippen LogP contribution in [0.25, 0.3) is 0 Å². The second-order valence-corrected chi connectivity index (χ2v) is 11.2. The molecular weight excluding hydrogens is 471 g/mol. The largest absolute Gasteiger partial charge is 0.369 e. The van der Waals surface area contributed by atoms with Crippen molar-refractivity contribution in [2.75, 3.05) is 32.0 Å². The summed E-state index contributed by atoms with van der Waals surface area (Å²) in [5.74, 6) is -1.08. The summed E-state index contributed by atoms with van der Waals surface area (Å²) in [5.41, 5.74) is 7.29. The van der Waals surface area contributed by atoms with Gasteiger partial charge in [0.1, 0.15) is 22.3 Å². The number of rotatable bonds is 8. The minimum atomic E-state index is -3.77. The third-order valence-electron chi connectivity index (χ3n) is 6.86. The molecule has 11 heteroatoms. The fourth-order valence-electron chi connectivity index (χ4n) is 4.74. The molecule has 2 aliphatic rings. The summed E-state index contributed by atoms with van der Waals surface area (Å²) in [5, 5.41) is 1.94. The van der Waals surface area contributed by atoms with Crippen LogP contribution in [-0.2, 0) is 22.0 Å². The van der Waals surface area contributed by atoms with Crippen LogP contribution >= 0.6 is 0 Å². The molecule has 0 fully saturated rings. The van der Waals surface area contributed by atoms with E-state index in [-0.39, 0.29) is 11.7 Å². The van der Waals surface area contributed by atoms with E-state index in [0.717, 1.165) is 53.6 Å². The molecular formula is C24H31FN6O3S. The van der Waals surface area contributed by atoms with Gasteiger partial charge in [-0.1, -0.05) is 26.3 Å². The van der Waals surface area contributed by atoms with Gasteiger partial charge in [0, 0.05) is 25.7 Å². The minimum Gasteiger partial charge on any atom is -0.369 e. The van der Waals surface area contributed by atoms with Crippen LogP contribution in [0.1, 0.15) is 48.3 Å². The lowest BCUT2D eigenvalue weighted by atomic mass is 9.68. The standard InChI is InChI=1S/C24H31FN6O3S/c1-4-6-11-31(5-2)15-21-24(29-23(26)30(3)35(21,33)34)13-16-7-9-18(12-19(16)24)28-22(32)20-10-8-17(25)14-27-20/h7-10,12,14,21H,4-6,11,13,15H2,1-3H3,(H2,26,29)(H,28,32)/t21-,24+/m0/s1. The number of amides is 1. The molecule has 0 saturated heterocycles. The Labute approximate surface area is 205 Å². The number of halogens is 1. The Bertz CT molecular complexity index is 1250. The van der Waals surface area contributed by atoms with Crippen molar-refractivity contribution >= 4 is 27.6 Å². The second-order valence-electron chi connectivity index (χ2n) is 9.01. The number of hydrogen-bond acceptors (Lipinski definition) is 7. The number of aliphatic imine (C=N–C) groups is 1. The highest BCUT2D eigenvalue weighted by atomic mass is 32.2. The number of sulfonamides is 1. The van der Waals surface area contributed by atoms with Crippen molar-refractivity contribution < 1.29 is 17.6 Å². The molecule has 1 aromatic heterocycles. The van der Waals surface area contributed by atoms with Gasteiger partial charge in [0.2, 0.25) is 16.0 Å². The lowest BCUT2D eigenvalue weighted by Crippen LogP contribution is -2.64. The minimum absolute atomic E-state index is 0.0477. The van der Waals surface area contributed by atoms with Gasteiger partial charge in [0.15, 0.2) is 0 Å². The molecule has 2 heterocycles. The van der Waals surface area contributed by atoms with Gasteiger partial charge < -0.3 is 16.0 Å². The van der Waals surface area contributed by atoms with E-state index in [4.69, 9.17) is 10.7 Å². The summed E-state index contributed by atoms with van der Waals surface area (Å²) >= 11 is 0. The van der Waals surface area contributed by atoms with Crippen molar-refractivity contribution in [3.63, 3.8) is 0 Å². The number of hydrogen-bond donors (Lipinski definition) is 2. The van der Waals surface area contributed by atoms with Gasteiger partial charge in [0.25, 0.3) is 5.91 Å². The Balaban J connectivity index is 1.69. The van der Waals surface area contributed by atoms with Crippen LogP contribution in [0.5, 0.6) is 0 Å². The van der Waals surface area contributed by atoms with Crippen LogP contribution < -0.4 is 11.1 Å². The zero-order valence-corrected chi connectivity index (χ0v) is 21.0. The Morgan fingerprint density at radius 3 is 2.74 bits per heavy atom. The molecule has 2 atom stereocenters. The fourth-order valence-corrected chi connectivity index (χ4v) is 6.58. The summed E-state index contributed by atoms with van der Waals surface area (Å²) in [4.78, 5) is 23.3. The number of nitrogens with zero attached hydrogens (tertiary/aromatic N) is 4. The Kier molecular flexibility index (Phi) is 6.83. The van der Waals surface area contributed by atoms with Crippen molar-refractivity contribution in [2.45, 2.75) is 43.9 Å². The molecule has 1 amide bonds. The molecule has 188 valence electrons. The average molecular weight is 503 g/mol. The van der Waals surface area contributed by atoms with Gasteiger partial charge >= 0.3 is 0 Å². The lowest BCUT2D eigenvalue weighted by Gasteiger charge is -2.50. The number of nitrogens with one attached hydrogen (secondary N) is 1. The predicted octanol–water partition coefficient (Wildman–Crippen LogP) is 2.30. The smallest absolute Gasteiger partial charge is 0.274 e. The number of benzene rings is 1. The molecule has 1 aliphatic carbocycles. The summed E-state index contributed by atoms with van der Waals surface area (Å²) < 4.78 is 41.4. The first-order chi connectivity index (χ1) is 16.6. The first-order valence-electron chi connectivity index (χ1n) is 11.7. The molecule has 35 heavy (non-hydrogen) atoms. The van der Waals surface area contributed by atoms with Gasteiger partial charge in [-0.2, -0.15) is 0 Å². The Hall–Kier alpha value is -3.05. The Morgan fingerprint density at radius 1 is 1.31 bits per heavy atom. The molecule has 1 aliphatic heterocycles. The summed E-state index contributed by atoms with van der Waals surface area (Å²) in [6.45, 7) is 5.97. The molecule has 4 rings (SSSR count). The van der Waals surface area contributed by atoms with E-state index in [2.05, 4.69) is 22.1 Å². The van der Waals surface area contributed by atoms with E-state index in [1.165, 1.54) is 13.1 Å². The first kappa shape index (κ1) is 25.1. The van der Waals surface area contributed by atoms with Crippen LogP contribution in [0.15, 0.2) is 41.5 Å². The number of nitrogens with two attached hydrogens (primary N) is 1. The van der Waals surface area contributed by atoms with E-state index in [9.17, 15) is 17.6 Å². The van der Waals surface area contributed by atoms with E-state index in [0.29, 0.717) is 18.7 Å². The number of carbonyl (C=O) groups excluding carboxylic acids is 1. The van der Waals surface area contributed by atoms with E-state index in [1.54, 1.807) is 12.1 Å². The number of carbonyl (C=O) groups is 1. The predicted molar refractivity (Wildman–Crippen MR) is 133 cm³/mol. The molecule has 0 bridgehead atoms. The van der Waals surface area contributed by atoms with Crippen molar-refractivity contribution in [1.29, 1.82) is 0 Å². The number of anilines is 1. The quantitative estimate of drug-likeness (QED) is 0.571. The third-order valence-corrected chi connectivity index (χ3v) is 9.07. The van der Waals surface area contributed by atoms with E-state index in [1.807, 2.05) is 13.0 Å². The maximum atomic E-state index is 13.6. The van der Waals surface area contributed by atoms with Crippen molar-refractivity contribution in [3.05, 3.63) is 59.2 Å². The van der Waals surface area contributed by atoms with E-state index < -0.39 is 32.5 Å². The Morgan fingerprint density at radius 2 is 2.09 bits per heavy atom. The number of pyridine rings is 1. The molecule has 0 unspecified atom stereocenters. The molecule has 1 spiro atoms.